The Bertz CT molecular complexity index is 708. The number of aromatic amines is 1. The summed E-state index contributed by atoms with van der Waals surface area (Å²) in [4.78, 5) is 0.379. The number of fused-ring (bicyclic) bond motifs is 1. The Morgan fingerprint density at radius 3 is 2.85 bits per heavy atom. The van der Waals surface area contributed by atoms with Crippen molar-refractivity contribution in [1.29, 1.82) is 0 Å². The quantitative estimate of drug-likeness (QED) is 0.932. The van der Waals surface area contributed by atoms with E-state index in [1.807, 2.05) is 12.1 Å². The van der Waals surface area contributed by atoms with Gasteiger partial charge in [0, 0.05) is 25.4 Å². The lowest BCUT2D eigenvalue weighted by atomic mass is 10.1. The Kier molecular flexibility index (Phi) is 3.35. The highest BCUT2D eigenvalue weighted by Gasteiger charge is 2.23. The summed E-state index contributed by atoms with van der Waals surface area (Å²) in [6.45, 7) is 0.315. The molecule has 0 atom stereocenters. The third-order valence-electron chi connectivity index (χ3n) is 3.74. The fraction of sp³-hybridized carbons (Fsp3) is 0.357. The molecular formula is C14H17N3O2S. The lowest BCUT2D eigenvalue weighted by Crippen LogP contribution is -2.26. The maximum Gasteiger partial charge on any atom is 0.243 e. The number of benzene rings is 1. The lowest BCUT2D eigenvalue weighted by Gasteiger charge is -2.17. The van der Waals surface area contributed by atoms with E-state index in [1.165, 1.54) is 15.4 Å². The minimum Gasteiger partial charge on any atom is -0.285 e. The van der Waals surface area contributed by atoms with Gasteiger partial charge in [-0.25, -0.2) is 8.42 Å². The van der Waals surface area contributed by atoms with E-state index in [2.05, 4.69) is 10.2 Å². The van der Waals surface area contributed by atoms with E-state index in [0.29, 0.717) is 11.4 Å². The highest BCUT2D eigenvalue weighted by molar-refractivity contribution is 7.89. The first-order valence-corrected chi connectivity index (χ1v) is 8.07. The van der Waals surface area contributed by atoms with Crippen molar-refractivity contribution in [2.75, 3.05) is 7.05 Å². The van der Waals surface area contributed by atoms with Gasteiger partial charge in [0.05, 0.1) is 11.1 Å². The number of nitrogens with one attached hydrogen (secondary N) is 1. The second kappa shape index (κ2) is 5.03. The van der Waals surface area contributed by atoms with E-state index >= 15 is 0 Å². The van der Waals surface area contributed by atoms with Crippen LogP contribution in [0, 0.1) is 0 Å². The zero-order chi connectivity index (χ0) is 14.2. The van der Waals surface area contributed by atoms with Crippen LogP contribution in [0.4, 0.5) is 0 Å². The zero-order valence-electron chi connectivity index (χ0n) is 11.3. The first-order chi connectivity index (χ1) is 9.57. The largest absolute Gasteiger partial charge is 0.285 e. The minimum atomic E-state index is -3.44. The molecule has 1 aliphatic carbocycles. The standard InChI is InChI=1S/C14H17N3O2S/c1-17(10-11-8-15-16-9-11)20(18,19)14-6-5-12-3-2-4-13(12)7-14/h5-9H,2-4,10H2,1H3,(H,15,16). The number of sulfonamides is 1. The summed E-state index contributed by atoms with van der Waals surface area (Å²) in [5.41, 5.74) is 3.29. The number of hydrogen-bond acceptors (Lipinski definition) is 3. The van der Waals surface area contributed by atoms with Crippen molar-refractivity contribution in [3.63, 3.8) is 0 Å². The van der Waals surface area contributed by atoms with Gasteiger partial charge < -0.3 is 0 Å². The van der Waals surface area contributed by atoms with E-state index in [-0.39, 0.29) is 0 Å². The van der Waals surface area contributed by atoms with Crippen molar-refractivity contribution in [2.45, 2.75) is 30.7 Å². The topological polar surface area (TPSA) is 66.1 Å². The summed E-state index contributed by atoms with van der Waals surface area (Å²) in [5, 5.41) is 6.52. The lowest BCUT2D eigenvalue weighted by molar-refractivity contribution is 0.466. The van der Waals surface area contributed by atoms with Gasteiger partial charge in [0.25, 0.3) is 0 Å². The average Bonchev–Trinajstić information content (AvgIpc) is 3.07. The molecule has 1 N–H and O–H groups in total. The summed E-state index contributed by atoms with van der Waals surface area (Å²) in [5.74, 6) is 0. The predicted octanol–water partition coefficient (Wildman–Crippen LogP) is 1.72. The van der Waals surface area contributed by atoms with Gasteiger partial charge >= 0.3 is 0 Å². The molecule has 1 heterocycles. The molecule has 20 heavy (non-hydrogen) atoms. The van der Waals surface area contributed by atoms with Crippen molar-refractivity contribution in [1.82, 2.24) is 14.5 Å². The maximum absolute atomic E-state index is 12.6. The predicted molar refractivity (Wildman–Crippen MR) is 75.7 cm³/mol. The van der Waals surface area contributed by atoms with Gasteiger partial charge in [0.1, 0.15) is 0 Å². The molecule has 1 aliphatic rings. The normalized spacial score (nSPS) is 14.7. The van der Waals surface area contributed by atoms with E-state index in [9.17, 15) is 8.42 Å². The van der Waals surface area contributed by atoms with Crippen LogP contribution in [-0.4, -0.2) is 30.0 Å². The fourth-order valence-electron chi connectivity index (χ4n) is 2.59. The number of nitrogens with zero attached hydrogens (tertiary/aromatic N) is 2. The molecule has 0 spiro atoms. The van der Waals surface area contributed by atoms with Crippen LogP contribution in [0.1, 0.15) is 23.1 Å². The average molecular weight is 291 g/mol. The Labute approximate surface area is 118 Å². The van der Waals surface area contributed by atoms with Gasteiger partial charge in [0.15, 0.2) is 0 Å². The molecule has 6 heteroatoms. The number of aromatic nitrogens is 2. The van der Waals surface area contributed by atoms with Gasteiger partial charge in [-0.3, -0.25) is 5.10 Å². The van der Waals surface area contributed by atoms with Crippen LogP contribution < -0.4 is 0 Å². The SMILES string of the molecule is CN(Cc1cn[nH]c1)S(=O)(=O)c1ccc2c(c1)CCC2. The van der Waals surface area contributed by atoms with Crippen molar-refractivity contribution in [3.8, 4) is 0 Å². The van der Waals surface area contributed by atoms with Gasteiger partial charge in [-0.05, 0) is 42.5 Å². The van der Waals surface area contributed by atoms with Crippen LogP contribution in [0.2, 0.25) is 0 Å². The van der Waals surface area contributed by atoms with Crippen molar-refractivity contribution < 1.29 is 8.42 Å². The molecule has 106 valence electrons. The van der Waals surface area contributed by atoms with Crippen LogP contribution in [0.3, 0.4) is 0 Å². The second-order valence-corrected chi connectivity index (χ2v) is 7.20. The number of aryl methyl sites for hydroxylation is 2. The Morgan fingerprint density at radius 2 is 2.10 bits per heavy atom. The molecule has 0 aliphatic heterocycles. The molecule has 2 aromatic rings. The van der Waals surface area contributed by atoms with Crippen LogP contribution in [-0.2, 0) is 29.4 Å². The summed E-state index contributed by atoms with van der Waals surface area (Å²) in [6, 6.07) is 5.48. The van der Waals surface area contributed by atoms with E-state index in [1.54, 1.807) is 25.5 Å². The smallest absolute Gasteiger partial charge is 0.243 e. The Hall–Kier alpha value is -1.66. The highest BCUT2D eigenvalue weighted by Crippen LogP contribution is 2.26. The Balaban J connectivity index is 1.87. The molecule has 0 fully saturated rings. The van der Waals surface area contributed by atoms with Crippen LogP contribution in [0.15, 0.2) is 35.5 Å². The van der Waals surface area contributed by atoms with Crippen LogP contribution in [0.5, 0.6) is 0 Å². The molecular weight excluding hydrogens is 274 g/mol. The maximum atomic E-state index is 12.6. The van der Waals surface area contributed by atoms with Crippen molar-refractivity contribution in [3.05, 3.63) is 47.3 Å². The van der Waals surface area contributed by atoms with Gasteiger partial charge in [-0.1, -0.05) is 6.07 Å². The molecule has 0 radical (unpaired) electrons. The van der Waals surface area contributed by atoms with E-state index in [0.717, 1.165) is 24.8 Å². The molecule has 0 amide bonds. The molecule has 1 aromatic carbocycles. The first kappa shape index (κ1) is 13.3. The number of rotatable bonds is 4. The van der Waals surface area contributed by atoms with Gasteiger partial charge in [0.2, 0.25) is 10.0 Å². The van der Waals surface area contributed by atoms with Crippen LogP contribution >= 0.6 is 0 Å². The first-order valence-electron chi connectivity index (χ1n) is 6.63. The molecule has 5 nitrogen and oxygen atoms in total. The summed E-state index contributed by atoms with van der Waals surface area (Å²) >= 11 is 0. The summed E-state index contributed by atoms with van der Waals surface area (Å²) in [6.07, 6.45) is 6.48. The molecule has 0 unspecified atom stereocenters. The third-order valence-corrected chi connectivity index (χ3v) is 5.54. The third kappa shape index (κ3) is 2.36. The van der Waals surface area contributed by atoms with Crippen molar-refractivity contribution >= 4 is 10.0 Å². The summed E-state index contributed by atoms with van der Waals surface area (Å²) in [7, 11) is -1.85. The van der Waals surface area contributed by atoms with E-state index < -0.39 is 10.0 Å². The molecule has 3 rings (SSSR count). The van der Waals surface area contributed by atoms with E-state index in [4.69, 9.17) is 0 Å². The molecule has 1 aromatic heterocycles. The second-order valence-electron chi connectivity index (χ2n) is 5.15. The summed E-state index contributed by atoms with van der Waals surface area (Å²) < 4.78 is 26.5. The fourth-order valence-corrected chi connectivity index (χ4v) is 3.80. The van der Waals surface area contributed by atoms with Gasteiger partial charge in [-0.15, -0.1) is 0 Å². The molecule has 0 saturated carbocycles. The minimum absolute atomic E-state index is 0.315. The van der Waals surface area contributed by atoms with Gasteiger partial charge in [-0.2, -0.15) is 9.40 Å². The highest BCUT2D eigenvalue weighted by atomic mass is 32.2. The molecule has 0 bridgehead atoms. The zero-order valence-corrected chi connectivity index (χ0v) is 12.2. The Morgan fingerprint density at radius 1 is 1.30 bits per heavy atom. The number of H-pyrrole nitrogens is 1. The monoisotopic (exact) mass is 291 g/mol. The van der Waals surface area contributed by atoms with Crippen LogP contribution in [0.25, 0.3) is 0 Å². The molecule has 0 saturated heterocycles. The number of hydrogen-bond donors (Lipinski definition) is 1. The van der Waals surface area contributed by atoms with Crippen molar-refractivity contribution in [2.24, 2.45) is 0 Å².